The zero-order valence-electron chi connectivity index (χ0n) is 15.0. The van der Waals surface area contributed by atoms with Crippen LogP contribution in [0.25, 0.3) is 0 Å². The SMILES string of the molecule is COc1ccc(OC)c([C@H]2[C@@H]3CCCC[C@]3(O)CCN2CC(N)=O)c1. The van der Waals surface area contributed by atoms with E-state index in [9.17, 15) is 9.90 Å². The fourth-order valence-corrected chi connectivity index (χ4v) is 4.60. The van der Waals surface area contributed by atoms with Crippen LogP contribution in [0.15, 0.2) is 18.2 Å². The Kier molecular flexibility index (Phi) is 5.20. The van der Waals surface area contributed by atoms with Crippen LogP contribution in [-0.4, -0.2) is 48.8 Å². The monoisotopic (exact) mass is 348 g/mol. The fourth-order valence-electron chi connectivity index (χ4n) is 4.60. The summed E-state index contributed by atoms with van der Waals surface area (Å²) in [4.78, 5) is 13.7. The second-order valence-corrected chi connectivity index (χ2v) is 7.20. The second-order valence-electron chi connectivity index (χ2n) is 7.20. The van der Waals surface area contributed by atoms with Crippen LogP contribution >= 0.6 is 0 Å². The molecule has 0 aromatic heterocycles. The molecule has 1 heterocycles. The smallest absolute Gasteiger partial charge is 0.231 e. The summed E-state index contributed by atoms with van der Waals surface area (Å²) < 4.78 is 11.0. The number of amides is 1. The number of nitrogens with two attached hydrogens (primary N) is 1. The molecular weight excluding hydrogens is 320 g/mol. The summed E-state index contributed by atoms with van der Waals surface area (Å²) in [6.45, 7) is 0.818. The van der Waals surface area contributed by atoms with Gasteiger partial charge in [0.15, 0.2) is 0 Å². The highest BCUT2D eigenvalue weighted by Crippen LogP contribution is 2.51. The lowest BCUT2D eigenvalue weighted by Gasteiger charge is -2.52. The van der Waals surface area contributed by atoms with Gasteiger partial charge in [-0.05, 0) is 37.5 Å². The molecule has 3 atom stereocenters. The van der Waals surface area contributed by atoms with E-state index < -0.39 is 5.60 Å². The molecule has 2 aliphatic rings. The molecule has 138 valence electrons. The van der Waals surface area contributed by atoms with Crippen molar-refractivity contribution in [3.8, 4) is 11.5 Å². The minimum absolute atomic E-state index is 0.0513. The molecule has 1 aromatic carbocycles. The number of aliphatic hydroxyl groups is 1. The highest BCUT2D eigenvalue weighted by molar-refractivity contribution is 5.76. The normalized spacial score (nSPS) is 29.7. The highest BCUT2D eigenvalue weighted by atomic mass is 16.5. The second kappa shape index (κ2) is 7.22. The Labute approximate surface area is 148 Å². The predicted octanol–water partition coefficient (Wildman–Crippen LogP) is 1.86. The van der Waals surface area contributed by atoms with Crippen molar-refractivity contribution in [1.29, 1.82) is 0 Å². The number of carbonyl (C=O) groups is 1. The largest absolute Gasteiger partial charge is 0.497 e. The van der Waals surface area contributed by atoms with E-state index in [0.29, 0.717) is 13.0 Å². The molecule has 0 unspecified atom stereocenters. The molecule has 0 bridgehead atoms. The van der Waals surface area contributed by atoms with E-state index >= 15 is 0 Å². The van der Waals surface area contributed by atoms with Crippen LogP contribution in [0.4, 0.5) is 0 Å². The third-order valence-corrected chi connectivity index (χ3v) is 5.79. The number of methoxy groups -OCH3 is 2. The third-order valence-electron chi connectivity index (χ3n) is 5.79. The van der Waals surface area contributed by atoms with Crippen LogP contribution in [0.5, 0.6) is 11.5 Å². The minimum Gasteiger partial charge on any atom is -0.497 e. The van der Waals surface area contributed by atoms with Crippen LogP contribution in [0, 0.1) is 5.92 Å². The molecule has 1 saturated carbocycles. The van der Waals surface area contributed by atoms with E-state index in [1.54, 1.807) is 14.2 Å². The maximum Gasteiger partial charge on any atom is 0.231 e. The van der Waals surface area contributed by atoms with Gasteiger partial charge in [-0.25, -0.2) is 0 Å². The van der Waals surface area contributed by atoms with Gasteiger partial charge in [-0.3, -0.25) is 9.69 Å². The van der Waals surface area contributed by atoms with Crippen LogP contribution in [0.1, 0.15) is 43.7 Å². The number of rotatable bonds is 5. The number of primary amides is 1. The van der Waals surface area contributed by atoms with Gasteiger partial charge in [0.2, 0.25) is 5.91 Å². The van der Waals surface area contributed by atoms with Crippen molar-refractivity contribution in [2.24, 2.45) is 11.7 Å². The van der Waals surface area contributed by atoms with Crippen molar-refractivity contribution in [1.82, 2.24) is 4.90 Å². The summed E-state index contributed by atoms with van der Waals surface area (Å²) in [5, 5.41) is 11.2. The minimum atomic E-state index is -0.689. The van der Waals surface area contributed by atoms with Crippen molar-refractivity contribution in [2.75, 3.05) is 27.3 Å². The number of carbonyl (C=O) groups excluding carboxylic acids is 1. The Morgan fingerprint density at radius 1 is 1.32 bits per heavy atom. The van der Waals surface area contributed by atoms with Crippen molar-refractivity contribution < 1.29 is 19.4 Å². The summed E-state index contributed by atoms with van der Waals surface area (Å²) in [5.74, 6) is 1.18. The van der Waals surface area contributed by atoms with Crippen LogP contribution in [0.2, 0.25) is 0 Å². The number of likely N-dealkylation sites (tertiary alicyclic amines) is 1. The summed E-state index contributed by atoms with van der Waals surface area (Å²) in [6, 6.07) is 5.58. The van der Waals surface area contributed by atoms with Gasteiger partial charge < -0.3 is 20.3 Å². The molecule has 1 aromatic rings. The molecular formula is C19H28N2O4. The lowest BCUT2D eigenvalue weighted by molar-refractivity contribution is -0.136. The number of ether oxygens (including phenoxy) is 2. The number of fused-ring (bicyclic) bond motifs is 1. The van der Waals surface area contributed by atoms with E-state index in [2.05, 4.69) is 4.90 Å². The van der Waals surface area contributed by atoms with Gasteiger partial charge in [-0.15, -0.1) is 0 Å². The van der Waals surface area contributed by atoms with Gasteiger partial charge in [0.1, 0.15) is 11.5 Å². The summed E-state index contributed by atoms with van der Waals surface area (Å²) in [7, 11) is 3.27. The number of benzene rings is 1. The lowest BCUT2D eigenvalue weighted by atomic mass is 9.66. The van der Waals surface area contributed by atoms with Gasteiger partial charge in [-0.2, -0.15) is 0 Å². The average Bonchev–Trinajstić information content (AvgIpc) is 2.60. The molecule has 3 rings (SSSR count). The van der Waals surface area contributed by atoms with Crippen LogP contribution in [0.3, 0.4) is 0 Å². The van der Waals surface area contributed by atoms with Gasteiger partial charge >= 0.3 is 0 Å². The fraction of sp³-hybridized carbons (Fsp3) is 0.632. The molecule has 3 N–H and O–H groups in total. The van der Waals surface area contributed by atoms with Gasteiger partial charge in [0.25, 0.3) is 0 Å². The topological polar surface area (TPSA) is 85.0 Å². The van der Waals surface area contributed by atoms with E-state index in [1.807, 2.05) is 18.2 Å². The third kappa shape index (κ3) is 3.46. The van der Waals surface area contributed by atoms with Crippen molar-refractivity contribution >= 4 is 5.91 Å². The van der Waals surface area contributed by atoms with Gasteiger partial charge in [0, 0.05) is 24.1 Å². The van der Waals surface area contributed by atoms with Gasteiger partial charge in [-0.1, -0.05) is 12.8 Å². The number of piperidine rings is 1. The Morgan fingerprint density at radius 2 is 2.12 bits per heavy atom. The predicted molar refractivity (Wildman–Crippen MR) is 94.6 cm³/mol. The zero-order chi connectivity index (χ0) is 18.0. The Morgan fingerprint density at radius 3 is 2.80 bits per heavy atom. The number of hydrogen-bond donors (Lipinski definition) is 2. The van der Waals surface area contributed by atoms with Crippen molar-refractivity contribution in [2.45, 2.75) is 43.7 Å². The van der Waals surface area contributed by atoms with Crippen molar-refractivity contribution in [3.63, 3.8) is 0 Å². The maximum atomic E-state index is 11.6. The van der Waals surface area contributed by atoms with Crippen LogP contribution in [-0.2, 0) is 4.79 Å². The average molecular weight is 348 g/mol. The van der Waals surface area contributed by atoms with Crippen molar-refractivity contribution in [3.05, 3.63) is 23.8 Å². The first kappa shape index (κ1) is 18.0. The number of hydrogen-bond acceptors (Lipinski definition) is 5. The lowest BCUT2D eigenvalue weighted by Crippen LogP contribution is -2.56. The van der Waals surface area contributed by atoms with Gasteiger partial charge in [0.05, 0.1) is 26.4 Å². The van der Waals surface area contributed by atoms with E-state index in [4.69, 9.17) is 15.2 Å². The molecule has 1 saturated heterocycles. The molecule has 0 spiro atoms. The standard InChI is InChI=1S/C19H28N2O4/c1-24-13-6-7-16(25-2)14(11-13)18-15-5-3-4-8-19(15,23)9-10-21(18)12-17(20)22/h6-7,11,15,18,23H,3-5,8-10,12H2,1-2H3,(H2,20,22)/t15-,18-,19-/m0/s1. The Balaban J connectivity index is 2.07. The van der Waals surface area contributed by atoms with E-state index in [1.165, 1.54) is 0 Å². The first-order chi connectivity index (χ1) is 12.0. The molecule has 1 amide bonds. The molecule has 2 fully saturated rings. The molecule has 1 aliphatic carbocycles. The zero-order valence-corrected chi connectivity index (χ0v) is 15.0. The molecule has 1 aliphatic heterocycles. The number of nitrogens with zero attached hydrogens (tertiary/aromatic N) is 1. The quantitative estimate of drug-likeness (QED) is 0.848. The van der Waals surface area contributed by atoms with E-state index in [-0.39, 0.29) is 24.4 Å². The molecule has 25 heavy (non-hydrogen) atoms. The molecule has 6 nitrogen and oxygen atoms in total. The highest BCUT2D eigenvalue weighted by Gasteiger charge is 2.49. The maximum absolute atomic E-state index is 11.6. The summed E-state index contributed by atoms with van der Waals surface area (Å²) >= 11 is 0. The molecule has 6 heteroatoms. The first-order valence-corrected chi connectivity index (χ1v) is 8.95. The Bertz CT molecular complexity index is 636. The Hall–Kier alpha value is -1.79. The van der Waals surface area contributed by atoms with Crippen LogP contribution < -0.4 is 15.2 Å². The molecule has 0 radical (unpaired) electrons. The van der Waals surface area contributed by atoms with E-state index in [0.717, 1.165) is 42.7 Å². The first-order valence-electron chi connectivity index (χ1n) is 8.95. The summed E-state index contributed by atoms with van der Waals surface area (Å²) in [6.07, 6.45) is 4.54. The summed E-state index contributed by atoms with van der Waals surface area (Å²) in [5.41, 5.74) is 5.75.